The van der Waals surface area contributed by atoms with Crippen molar-refractivity contribution in [2.24, 2.45) is 0 Å². The van der Waals surface area contributed by atoms with Gasteiger partial charge in [0.15, 0.2) is 0 Å². The highest BCUT2D eigenvalue weighted by molar-refractivity contribution is 7.20. The Morgan fingerprint density at radius 2 is 1.59 bits per heavy atom. The van der Waals surface area contributed by atoms with E-state index in [2.05, 4.69) is 10.3 Å². The van der Waals surface area contributed by atoms with Crippen molar-refractivity contribution in [2.45, 2.75) is 20.4 Å². The van der Waals surface area contributed by atoms with Gasteiger partial charge in [0.1, 0.15) is 45.1 Å². The number of nitrogens with one attached hydrogen (secondary N) is 1. The molecule has 0 unspecified atom stereocenters. The van der Waals surface area contributed by atoms with Crippen molar-refractivity contribution in [3.8, 4) is 5.75 Å². The van der Waals surface area contributed by atoms with Crippen LogP contribution >= 0.6 is 22.7 Å². The summed E-state index contributed by atoms with van der Waals surface area (Å²) in [5.74, 6) is -2.04. The van der Waals surface area contributed by atoms with Gasteiger partial charge in [0, 0.05) is 0 Å². The molecule has 14 heteroatoms. The average molecular weight is 600 g/mol. The number of amides is 1. The van der Waals surface area contributed by atoms with Crippen LogP contribution in [0.1, 0.15) is 40.8 Å². The highest BCUT2D eigenvalue weighted by atomic mass is 32.1. The summed E-state index contributed by atoms with van der Waals surface area (Å²) in [4.78, 5) is 68.2. The maximum absolute atomic E-state index is 13.2. The van der Waals surface area contributed by atoms with E-state index in [0.717, 1.165) is 27.2 Å². The van der Waals surface area contributed by atoms with Crippen molar-refractivity contribution in [1.29, 1.82) is 0 Å². The van der Waals surface area contributed by atoms with Crippen LogP contribution < -0.4 is 15.6 Å². The number of aryl methyl sites for hydroxylation is 1. The van der Waals surface area contributed by atoms with Crippen molar-refractivity contribution < 1.29 is 38.1 Å². The minimum absolute atomic E-state index is 0.00664. The zero-order valence-corrected chi connectivity index (χ0v) is 24.1. The Kier molecular flexibility index (Phi) is 9.14. The summed E-state index contributed by atoms with van der Waals surface area (Å²) in [6.07, 6.45) is 1.20. The Bertz CT molecular complexity index is 1690. The second kappa shape index (κ2) is 12.7. The molecule has 0 aliphatic carbocycles. The van der Waals surface area contributed by atoms with Crippen LogP contribution in [0.2, 0.25) is 0 Å². The second-order valence-electron chi connectivity index (χ2n) is 8.50. The smallest absolute Gasteiger partial charge is 0.348 e. The van der Waals surface area contributed by atoms with Crippen LogP contribution in [0.5, 0.6) is 5.75 Å². The minimum Gasteiger partial charge on any atom is -0.490 e. The quantitative estimate of drug-likeness (QED) is 0.163. The van der Waals surface area contributed by atoms with E-state index in [-0.39, 0.29) is 38.9 Å². The van der Waals surface area contributed by atoms with Gasteiger partial charge in [0.2, 0.25) is 5.91 Å². The fraction of sp³-hybridized carbons (Fsp3) is 0.259. The first-order valence-electron chi connectivity index (χ1n) is 12.1. The molecule has 1 aromatic carbocycles. The third kappa shape index (κ3) is 6.28. The number of hydrogen-bond acceptors (Lipinski definition) is 12. The Balaban J connectivity index is 1.49. The first kappa shape index (κ1) is 29.4. The molecule has 12 nitrogen and oxygen atoms in total. The number of carbonyl (C=O) groups is 4. The molecule has 0 saturated carbocycles. The Morgan fingerprint density at radius 1 is 0.902 bits per heavy atom. The second-order valence-corrected chi connectivity index (χ2v) is 10.5. The highest BCUT2D eigenvalue weighted by Crippen LogP contribution is 2.34. The molecule has 1 N–H and O–H groups in total. The number of rotatable bonds is 10. The summed E-state index contributed by atoms with van der Waals surface area (Å²) in [6, 6.07) is 9.09. The van der Waals surface area contributed by atoms with E-state index in [4.69, 9.17) is 18.9 Å². The lowest BCUT2D eigenvalue weighted by molar-refractivity contribution is -0.116. The zero-order chi connectivity index (χ0) is 29.7. The van der Waals surface area contributed by atoms with E-state index in [1.807, 2.05) is 18.2 Å². The van der Waals surface area contributed by atoms with Crippen molar-refractivity contribution in [3.63, 3.8) is 0 Å². The van der Waals surface area contributed by atoms with Crippen LogP contribution in [-0.2, 0) is 25.5 Å². The molecule has 0 aliphatic rings. The van der Waals surface area contributed by atoms with Gasteiger partial charge in [0.05, 0.1) is 31.5 Å². The molecule has 41 heavy (non-hydrogen) atoms. The summed E-state index contributed by atoms with van der Waals surface area (Å²) in [7, 11) is 2.38. The Labute approximate surface area is 241 Å². The monoisotopic (exact) mass is 599 g/mol. The number of fused-ring (bicyclic) bond motifs is 1. The molecule has 0 spiro atoms. The van der Waals surface area contributed by atoms with Gasteiger partial charge in [0.25, 0.3) is 5.56 Å². The van der Waals surface area contributed by atoms with Crippen molar-refractivity contribution in [1.82, 2.24) is 9.55 Å². The fourth-order valence-electron chi connectivity index (χ4n) is 3.90. The van der Waals surface area contributed by atoms with Crippen LogP contribution in [0.15, 0.2) is 41.5 Å². The molecular formula is C27H25N3O9S2. The van der Waals surface area contributed by atoms with Crippen LogP contribution in [0, 0.1) is 13.8 Å². The van der Waals surface area contributed by atoms with E-state index in [9.17, 15) is 24.0 Å². The molecule has 4 aromatic rings. The zero-order valence-electron chi connectivity index (χ0n) is 22.5. The lowest BCUT2D eigenvalue weighted by Crippen LogP contribution is -2.28. The van der Waals surface area contributed by atoms with Gasteiger partial charge in [-0.3, -0.25) is 14.2 Å². The molecule has 4 rings (SSSR count). The van der Waals surface area contributed by atoms with Gasteiger partial charge in [-0.2, -0.15) is 0 Å². The summed E-state index contributed by atoms with van der Waals surface area (Å²) in [5.41, 5.74) is 0.161. The number of thiophene rings is 2. The molecule has 3 aromatic heterocycles. The van der Waals surface area contributed by atoms with Crippen LogP contribution in [0.4, 0.5) is 5.00 Å². The van der Waals surface area contributed by atoms with Crippen molar-refractivity contribution in [3.05, 3.63) is 73.5 Å². The van der Waals surface area contributed by atoms with Crippen LogP contribution in [0.3, 0.4) is 0 Å². The van der Waals surface area contributed by atoms with Crippen molar-refractivity contribution >= 4 is 61.7 Å². The number of hydrogen-bond donors (Lipinski definition) is 1. The Morgan fingerprint density at radius 3 is 2.27 bits per heavy atom. The number of para-hydroxylation sites is 1. The predicted molar refractivity (Wildman–Crippen MR) is 151 cm³/mol. The molecule has 3 heterocycles. The molecule has 214 valence electrons. The standard InChI is InChI=1S/C27H25N3O9S2/c1-14-18-22(40-21(14)27(35)39-11-10-38-16-8-6-5-7-9-16)28-13-30(24(18)32)12-17(31)29-23-19(25(33)36-3)15(2)20(41-23)26(34)37-4/h5-9,13H,10-12H2,1-4H3,(H,29,31). The number of esters is 3. The number of anilines is 1. The highest BCUT2D eigenvalue weighted by Gasteiger charge is 2.27. The molecule has 0 radical (unpaired) electrons. The fourth-order valence-corrected chi connectivity index (χ4v) is 6.06. The third-order valence-electron chi connectivity index (χ3n) is 5.91. The van der Waals surface area contributed by atoms with E-state index in [1.165, 1.54) is 27.5 Å². The van der Waals surface area contributed by atoms with Gasteiger partial charge >= 0.3 is 17.9 Å². The SMILES string of the molecule is COC(=O)c1sc(NC(=O)Cn2cnc3sc(C(=O)OCCOc4ccccc4)c(C)c3c2=O)c(C(=O)OC)c1C. The van der Waals surface area contributed by atoms with Crippen molar-refractivity contribution in [2.75, 3.05) is 32.8 Å². The average Bonchev–Trinajstić information content (AvgIpc) is 3.48. The number of carbonyl (C=O) groups excluding carboxylic acids is 4. The lowest BCUT2D eigenvalue weighted by Gasteiger charge is -2.08. The van der Waals surface area contributed by atoms with E-state index >= 15 is 0 Å². The summed E-state index contributed by atoms with van der Waals surface area (Å²) in [5, 5.41) is 2.83. The molecule has 1 amide bonds. The molecule has 0 saturated heterocycles. The maximum Gasteiger partial charge on any atom is 0.348 e. The summed E-state index contributed by atoms with van der Waals surface area (Å²) in [6.45, 7) is 2.86. The first-order chi connectivity index (χ1) is 19.7. The van der Waals surface area contributed by atoms with Crippen LogP contribution in [-0.4, -0.2) is 60.8 Å². The Hall–Kier alpha value is -4.56. The number of benzene rings is 1. The van der Waals surface area contributed by atoms with Gasteiger partial charge < -0.3 is 24.3 Å². The first-order valence-corrected chi connectivity index (χ1v) is 13.7. The summed E-state index contributed by atoms with van der Waals surface area (Å²) < 4.78 is 21.5. The number of methoxy groups -OCH3 is 2. The normalized spacial score (nSPS) is 10.7. The van der Waals surface area contributed by atoms with Gasteiger partial charge in [-0.15, -0.1) is 22.7 Å². The number of ether oxygens (including phenoxy) is 4. The molecular weight excluding hydrogens is 574 g/mol. The van der Waals surface area contributed by atoms with Gasteiger partial charge in [-0.25, -0.2) is 19.4 Å². The van der Waals surface area contributed by atoms with Crippen LogP contribution in [0.25, 0.3) is 10.2 Å². The van der Waals surface area contributed by atoms with E-state index in [0.29, 0.717) is 21.7 Å². The molecule has 0 atom stereocenters. The predicted octanol–water partition coefficient (Wildman–Crippen LogP) is 3.58. The third-order valence-corrected chi connectivity index (χ3v) is 8.27. The van der Waals surface area contributed by atoms with Gasteiger partial charge in [-0.05, 0) is 37.1 Å². The largest absolute Gasteiger partial charge is 0.490 e. The van der Waals surface area contributed by atoms with E-state index < -0.39 is 35.9 Å². The number of aromatic nitrogens is 2. The summed E-state index contributed by atoms with van der Waals surface area (Å²) >= 11 is 1.87. The van der Waals surface area contributed by atoms with Gasteiger partial charge in [-0.1, -0.05) is 18.2 Å². The van der Waals surface area contributed by atoms with E-state index in [1.54, 1.807) is 19.1 Å². The molecule has 0 bridgehead atoms. The molecule has 0 fully saturated rings. The maximum atomic E-state index is 13.2. The number of nitrogens with zero attached hydrogens (tertiary/aromatic N) is 2. The minimum atomic E-state index is -0.746. The lowest BCUT2D eigenvalue weighted by atomic mass is 10.1. The molecule has 0 aliphatic heterocycles. The topological polar surface area (TPSA) is 152 Å².